The second-order valence-electron chi connectivity index (χ2n) is 8.07. The standard InChI is InChI=1S/C18H31N5O2.C7H7Cl.C2H6/c1-3-4-14(2)13-21-9-10-22-18(25)16(23-17(24)12-19)11-15-5-7-20-8-6-15;1-6-2-4-7(8)5-3-6;1-2/h5-8,14,16,21H,3-4,9-13,19H2,1-2H3,(H,22,25)(H,23,24);2-5H,1H3;1-2H3. The molecule has 0 saturated heterocycles. The van der Waals surface area contributed by atoms with Crippen molar-refractivity contribution in [1.82, 2.24) is 20.9 Å². The summed E-state index contributed by atoms with van der Waals surface area (Å²) in [5, 5.41) is 9.68. The zero-order valence-electron chi connectivity index (χ0n) is 21.9. The third-order valence-electron chi connectivity index (χ3n) is 4.91. The summed E-state index contributed by atoms with van der Waals surface area (Å²) >= 11 is 5.61. The van der Waals surface area contributed by atoms with E-state index in [4.69, 9.17) is 17.3 Å². The Hall–Kier alpha value is -2.48. The zero-order chi connectivity index (χ0) is 26.5. The Morgan fingerprint density at radius 1 is 1.06 bits per heavy atom. The molecule has 2 rings (SSSR count). The van der Waals surface area contributed by atoms with Gasteiger partial charge in [-0.15, -0.1) is 0 Å². The number of pyridine rings is 1. The van der Waals surface area contributed by atoms with E-state index in [0.717, 1.165) is 17.1 Å². The first kappa shape index (κ1) is 32.5. The Morgan fingerprint density at radius 3 is 2.23 bits per heavy atom. The number of carbonyl (C=O) groups is 2. The van der Waals surface area contributed by atoms with E-state index in [1.807, 2.05) is 57.2 Å². The SMILES string of the molecule is CC.CCCC(C)CNCCNC(=O)C(Cc1ccncc1)NC(=O)CN.Cc1ccc(Cl)cc1. The highest BCUT2D eigenvalue weighted by Crippen LogP contribution is 2.07. The van der Waals surface area contributed by atoms with E-state index in [0.29, 0.717) is 25.4 Å². The summed E-state index contributed by atoms with van der Waals surface area (Å²) in [5.74, 6) is 0.0757. The van der Waals surface area contributed by atoms with Gasteiger partial charge in [0.05, 0.1) is 6.54 Å². The third-order valence-corrected chi connectivity index (χ3v) is 5.16. The van der Waals surface area contributed by atoms with E-state index in [2.05, 4.69) is 34.8 Å². The van der Waals surface area contributed by atoms with Gasteiger partial charge in [0.1, 0.15) is 6.04 Å². The summed E-state index contributed by atoms with van der Waals surface area (Å²) in [4.78, 5) is 27.9. The molecule has 1 aromatic carbocycles. The predicted molar refractivity (Wildman–Crippen MR) is 146 cm³/mol. The van der Waals surface area contributed by atoms with Gasteiger partial charge in [-0.25, -0.2) is 0 Å². The van der Waals surface area contributed by atoms with Crippen LogP contribution in [0.4, 0.5) is 0 Å². The fourth-order valence-electron chi connectivity index (χ4n) is 3.09. The average molecular weight is 506 g/mol. The first-order valence-electron chi connectivity index (χ1n) is 12.4. The van der Waals surface area contributed by atoms with Crippen molar-refractivity contribution in [3.63, 3.8) is 0 Å². The lowest BCUT2D eigenvalue weighted by Gasteiger charge is -2.18. The molecule has 0 bridgehead atoms. The quantitative estimate of drug-likeness (QED) is 0.327. The largest absolute Gasteiger partial charge is 0.353 e. The summed E-state index contributed by atoms with van der Waals surface area (Å²) in [6.07, 6.45) is 6.10. The van der Waals surface area contributed by atoms with E-state index in [1.54, 1.807) is 12.4 Å². The molecule has 0 aliphatic heterocycles. The molecule has 0 radical (unpaired) electrons. The highest BCUT2D eigenvalue weighted by molar-refractivity contribution is 6.30. The lowest BCUT2D eigenvalue weighted by atomic mass is 10.1. The molecule has 5 N–H and O–H groups in total. The Balaban J connectivity index is 0.000000961. The van der Waals surface area contributed by atoms with Crippen molar-refractivity contribution >= 4 is 23.4 Å². The van der Waals surface area contributed by atoms with Crippen LogP contribution < -0.4 is 21.7 Å². The minimum absolute atomic E-state index is 0.142. The summed E-state index contributed by atoms with van der Waals surface area (Å²) in [6, 6.07) is 10.8. The maximum absolute atomic E-state index is 12.4. The van der Waals surface area contributed by atoms with Crippen LogP contribution in [0, 0.1) is 12.8 Å². The van der Waals surface area contributed by atoms with Crippen molar-refractivity contribution in [1.29, 1.82) is 0 Å². The van der Waals surface area contributed by atoms with Gasteiger partial charge in [-0.1, -0.05) is 63.4 Å². The molecule has 35 heavy (non-hydrogen) atoms. The van der Waals surface area contributed by atoms with Gasteiger partial charge < -0.3 is 21.7 Å². The molecule has 0 aliphatic rings. The number of rotatable bonds is 12. The number of benzene rings is 1. The van der Waals surface area contributed by atoms with E-state index in [9.17, 15) is 9.59 Å². The Bertz CT molecular complexity index is 782. The summed E-state index contributed by atoms with van der Waals surface area (Å²) in [6.45, 7) is 12.4. The number of aryl methyl sites for hydroxylation is 1. The van der Waals surface area contributed by atoms with Crippen LogP contribution >= 0.6 is 11.6 Å². The van der Waals surface area contributed by atoms with Crippen molar-refractivity contribution < 1.29 is 9.59 Å². The smallest absolute Gasteiger partial charge is 0.242 e. The topological polar surface area (TPSA) is 109 Å². The molecule has 196 valence electrons. The highest BCUT2D eigenvalue weighted by atomic mass is 35.5. The van der Waals surface area contributed by atoms with Gasteiger partial charge in [-0.2, -0.15) is 0 Å². The first-order valence-corrected chi connectivity index (χ1v) is 12.8. The fraction of sp³-hybridized carbons (Fsp3) is 0.519. The number of nitrogens with one attached hydrogen (secondary N) is 3. The van der Waals surface area contributed by atoms with Gasteiger partial charge in [0, 0.05) is 36.9 Å². The van der Waals surface area contributed by atoms with E-state index < -0.39 is 6.04 Å². The van der Waals surface area contributed by atoms with Crippen LogP contribution in [0.1, 0.15) is 51.7 Å². The van der Waals surface area contributed by atoms with Crippen LogP contribution in [0.5, 0.6) is 0 Å². The molecule has 1 aromatic heterocycles. The Kier molecular flexibility index (Phi) is 19.4. The maximum atomic E-state index is 12.4. The Morgan fingerprint density at radius 2 is 1.69 bits per heavy atom. The van der Waals surface area contributed by atoms with Gasteiger partial charge in [0.15, 0.2) is 0 Å². The minimum Gasteiger partial charge on any atom is -0.353 e. The van der Waals surface area contributed by atoms with Crippen LogP contribution in [0.25, 0.3) is 0 Å². The monoisotopic (exact) mass is 505 g/mol. The number of nitrogens with zero attached hydrogens (tertiary/aromatic N) is 1. The molecule has 0 spiro atoms. The van der Waals surface area contributed by atoms with Crippen molar-refractivity contribution in [2.75, 3.05) is 26.2 Å². The number of nitrogens with two attached hydrogens (primary N) is 1. The molecule has 2 unspecified atom stereocenters. The molecule has 7 nitrogen and oxygen atoms in total. The summed E-state index contributed by atoms with van der Waals surface area (Å²) in [7, 11) is 0. The predicted octanol–water partition coefficient (Wildman–Crippen LogP) is 3.88. The minimum atomic E-state index is -0.641. The number of halogens is 1. The molecule has 2 atom stereocenters. The normalized spacial score (nSPS) is 11.6. The third kappa shape index (κ3) is 16.7. The highest BCUT2D eigenvalue weighted by Gasteiger charge is 2.20. The van der Waals surface area contributed by atoms with Gasteiger partial charge in [0.25, 0.3) is 0 Å². The summed E-state index contributed by atoms with van der Waals surface area (Å²) in [5.41, 5.74) is 7.52. The van der Waals surface area contributed by atoms with Crippen LogP contribution in [-0.4, -0.2) is 49.0 Å². The van der Waals surface area contributed by atoms with Gasteiger partial charge >= 0.3 is 0 Å². The molecular weight excluding hydrogens is 462 g/mol. The molecule has 0 saturated carbocycles. The lowest BCUT2D eigenvalue weighted by molar-refractivity contribution is -0.128. The number of amides is 2. The molecule has 2 amide bonds. The van der Waals surface area contributed by atoms with Crippen LogP contribution in [0.2, 0.25) is 5.02 Å². The van der Waals surface area contributed by atoms with Gasteiger partial charge in [-0.05, 0) is 55.6 Å². The van der Waals surface area contributed by atoms with Crippen molar-refractivity contribution in [3.8, 4) is 0 Å². The van der Waals surface area contributed by atoms with Gasteiger partial charge in [0.2, 0.25) is 11.8 Å². The first-order chi connectivity index (χ1) is 16.8. The van der Waals surface area contributed by atoms with Gasteiger partial charge in [-0.3, -0.25) is 14.6 Å². The summed E-state index contributed by atoms with van der Waals surface area (Å²) < 4.78 is 0. The Labute approximate surface area is 216 Å². The zero-order valence-corrected chi connectivity index (χ0v) is 22.7. The molecule has 0 fully saturated rings. The van der Waals surface area contributed by atoms with Crippen molar-refractivity contribution in [3.05, 3.63) is 64.9 Å². The second kappa shape index (κ2) is 20.9. The van der Waals surface area contributed by atoms with Crippen LogP contribution in [0.3, 0.4) is 0 Å². The van der Waals surface area contributed by atoms with Crippen molar-refractivity contribution in [2.24, 2.45) is 11.7 Å². The van der Waals surface area contributed by atoms with Crippen molar-refractivity contribution in [2.45, 2.75) is 59.9 Å². The fourth-order valence-corrected chi connectivity index (χ4v) is 3.22. The molecule has 1 heterocycles. The van der Waals surface area contributed by atoms with E-state index >= 15 is 0 Å². The van der Waals surface area contributed by atoms with E-state index in [1.165, 1.54) is 18.4 Å². The number of hydrogen-bond acceptors (Lipinski definition) is 5. The molecule has 2 aromatic rings. The molecule has 0 aliphatic carbocycles. The van der Waals surface area contributed by atoms with Crippen LogP contribution in [0.15, 0.2) is 48.8 Å². The number of carbonyl (C=O) groups excluding carboxylic acids is 2. The maximum Gasteiger partial charge on any atom is 0.242 e. The second-order valence-corrected chi connectivity index (χ2v) is 8.50. The van der Waals surface area contributed by atoms with Crippen LogP contribution in [-0.2, 0) is 16.0 Å². The number of hydrogen-bond donors (Lipinski definition) is 4. The number of aromatic nitrogens is 1. The molecular formula is C27H44ClN5O2. The lowest BCUT2D eigenvalue weighted by Crippen LogP contribution is -2.50. The van der Waals surface area contributed by atoms with E-state index in [-0.39, 0.29) is 18.4 Å². The average Bonchev–Trinajstić information content (AvgIpc) is 2.87. The molecule has 8 heteroatoms.